The molecule has 0 bridgehead atoms. The summed E-state index contributed by atoms with van der Waals surface area (Å²) in [4.78, 5) is 0. The second kappa shape index (κ2) is 3.24. The number of hydrogen-bond acceptors (Lipinski definition) is 2. The predicted molar refractivity (Wildman–Crippen MR) is 59.2 cm³/mol. The first-order valence-electron chi connectivity index (χ1n) is 3.50. The smallest absolute Gasteiger partial charge is 0.132 e. The largest absolute Gasteiger partial charge is 0.206 e. The zero-order valence-corrected chi connectivity index (χ0v) is 9.32. The van der Waals surface area contributed by atoms with Crippen LogP contribution in [-0.4, -0.2) is 0 Å². The standard InChI is InChI=1S/C9H3FINS/c10-7-2-1-5(4-12)9-6(7)3-8(11)13-9/h1-3H. The molecule has 1 nitrogen and oxygen atoms in total. The lowest BCUT2D eigenvalue weighted by atomic mass is 10.2. The van der Waals surface area contributed by atoms with Crippen molar-refractivity contribution in [1.29, 1.82) is 5.26 Å². The van der Waals surface area contributed by atoms with Crippen molar-refractivity contribution in [1.82, 2.24) is 0 Å². The summed E-state index contributed by atoms with van der Waals surface area (Å²) in [5.41, 5.74) is 0.546. The molecule has 1 aromatic heterocycles. The van der Waals surface area contributed by atoms with Gasteiger partial charge in [-0.1, -0.05) is 0 Å². The fourth-order valence-corrected chi connectivity index (χ4v) is 2.98. The molecule has 0 unspecified atom stereocenters. The lowest BCUT2D eigenvalue weighted by molar-refractivity contribution is 0.640. The molecule has 1 heterocycles. The molecule has 0 aliphatic rings. The second-order valence-corrected chi connectivity index (χ2v) is 5.45. The highest BCUT2D eigenvalue weighted by Gasteiger charge is 2.08. The van der Waals surface area contributed by atoms with Gasteiger partial charge in [0.15, 0.2) is 0 Å². The Hall–Kier alpha value is -0.670. The molecule has 4 heteroatoms. The molecule has 0 N–H and O–H groups in total. The number of halogens is 2. The molecule has 0 aliphatic heterocycles. The summed E-state index contributed by atoms with van der Waals surface area (Å²) in [7, 11) is 0. The van der Waals surface area contributed by atoms with Crippen molar-refractivity contribution in [2.45, 2.75) is 0 Å². The fourth-order valence-electron chi connectivity index (χ4n) is 1.15. The number of nitriles is 1. The molecule has 0 amide bonds. The van der Waals surface area contributed by atoms with Crippen LogP contribution in [0.25, 0.3) is 10.1 Å². The van der Waals surface area contributed by atoms with Gasteiger partial charge in [0.05, 0.1) is 13.1 Å². The molecule has 0 atom stereocenters. The number of fused-ring (bicyclic) bond motifs is 1. The molecule has 0 saturated carbocycles. The van der Waals surface area contributed by atoms with Crippen LogP contribution >= 0.6 is 33.9 Å². The summed E-state index contributed by atoms with van der Waals surface area (Å²) in [6, 6.07) is 6.67. The van der Waals surface area contributed by atoms with Crippen molar-refractivity contribution in [3.63, 3.8) is 0 Å². The maximum Gasteiger partial charge on any atom is 0.132 e. The molecule has 0 aliphatic carbocycles. The van der Waals surface area contributed by atoms with E-state index in [0.717, 1.165) is 7.58 Å². The van der Waals surface area contributed by atoms with Crippen molar-refractivity contribution in [2.75, 3.05) is 0 Å². The first-order chi connectivity index (χ1) is 6.22. The number of benzene rings is 1. The van der Waals surface area contributed by atoms with Crippen LogP contribution in [0.5, 0.6) is 0 Å². The summed E-state index contributed by atoms with van der Waals surface area (Å²) in [6.07, 6.45) is 0. The number of thiophene rings is 1. The third-order valence-corrected chi connectivity index (χ3v) is 3.65. The van der Waals surface area contributed by atoms with Crippen molar-refractivity contribution >= 4 is 44.0 Å². The molecule has 1 aromatic carbocycles. The Balaban J connectivity index is 2.94. The SMILES string of the molecule is N#Cc1ccc(F)c2cc(I)sc12. The van der Waals surface area contributed by atoms with Gasteiger partial charge < -0.3 is 0 Å². The van der Waals surface area contributed by atoms with Gasteiger partial charge in [0.2, 0.25) is 0 Å². The molecular formula is C9H3FINS. The lowest BCUT2D eigenvalue weighted by Gasteiger charge is -1.92. The van der Waals surface area contributed by atoms with E-state index >= 15 is 0 Å². The van der Waals surface area contributed by atoms with Crippen molar-refractivity contribution < 1.29 is 4.39 Å². The van der Waals surface area contributed by atoms with E-state index in [1.807, 2.05) is 0 Å². The topological polar surface area (TPSA) is 23.8 Å². The molecule has 0 saturated heterocycles. The van der Waals surface area contributed by atoms with Crippen molar-refractivity contribution in [3.8, 4) is 6.07 Å². The quantitative estimate of drug-likeness (QED) is 0.683. The van der Waals surface area contributed by atoms with E-state index in [0.29, 0.717) is 10.9 Å². The molecule has 0 spiro atoms. The average molecular weight is 303 g/mol. The summed E-state index contributed by atoms with van der Waals surface area (Å²) >= 11 is 3.57. The zero-order chi connectivity index (χ0) is 9.42. The summed E-state index contributed by atoms with van der Waals surface area (Å²) < 4.78 is 14.9. The zero-order valence-electron chi connectivity index (χ0n) is 6.34. The minimum atomic E-state index is -0.256. The van der Waals surface area contributed by atoms with Gasteiger partial charge in [-0.05, 0) is 40.8 Å². The Labute approximate surface area is 91.9 Å². The molecular weight excluding hydrogens is 300 g/mol. The van der Waals surface area contributed by atoms with Crippen molar-refractivity contribution in [2.24, 2.45) is 0 Å². The Kier molecular flexibility index (Phi) is 2.22. The molecule has 0 radical (unpaired) electrons. The highest BCUT2D eigenvalue weighted by atomic mass is 127. The van der Waals surface area contributed by atoms with Gasteiger partial charge in [-0.25, -0.2) is 4.39 Å². The second-order valence-electron chi connectivity index (χ2n) is 2.50. The van der Waals surface area contributed by atoms with E-state index in [1.165, 1.54) is 23.5 Å². The molecule has 2 rings (SSSR count). The predicted octanol–water partition coefficient (Wildman–Crippen LogP) is 3.52. The third-order valence-electron chi connectivity index (χ3n) is 1.72. The Bertz CT molecular complexity index is 512. The fraction of sp³-hybridized carbons (Fsp3) is 0. The minimum absolute atomic E-state index is 0.256. The van der Waals surface area contributed by atoms with Crippen molar-refractivity contribution in [3.05, 3.63) is 32.5 Å². The van der Waals surface area contributed by atoms with E-state index < -0.39 is 0 Å². The summed E-state index contributed by atoms with van der Waals surface area (Å²) in [5, 5.41) is 9.32. The molecule has 13 heavy (non-hydrogen) atoms. The van der Waals surface area contributed by atoms with Crippen LogP contribution in [-0.2, 0) is 0 Å². The number of rotatable bonds is 0. The highest BCUT2D eigenvalue weighted by Crippen LogP contribution is 2.31. The van der Waals surface area contributed by atoms with E-state index in [2.05, 4.69) is 28.7 Å². The van der Waals surface area contributed by atoms with Crippen LogP contribution in [0.3, 0.4) is 0 Å². The Morgan fingerprint density at radius 3 is 2.92 bits per heavy atom. The maximum absolute atomic E-state index is 13.2. The van der Waals surface area contributed by atoms with Gasteiger partial charge in [0.1, 0.15) is 11.9 Å². The van der Waals surface area contributed by atoms with E-state index in [-0.39, 0.29) is 5.82 Å². The highest BCUT2D eigenvalue weighted by molar-refractivity contribution is 14.1. The van der Waals surface area contributed by atoms with E-state index in [9.17, 15) is 4.39 Å². The van der Waals surface area contributed by atoms with Gasteiger partial charge in [0.25, 0.3) is 0 Å². The van der Waals surface area contributed by atoms with E-state index in [1.54, 1.807) is 6.07 Å². The lowest BCUT2D eigenvalue weighted by Crippen LogP contribution is -1.78. The van der Waals surface area contributed by atoms with Crippen LogP contribution in [0.1, 0.15) is 5.56 Å². The van der Waals surface area contributed by atoms with Gasteiger partial charge in [0, 0.05) is 5.39 Å². The first kappa shape index (κ1) is 8.91. The van der Waals surface area contributed by atoms with Gasteiger partial charge in [-0.3, -0.25) is 0 Å². The first-order valence-corrected chi connectivity index (χ1v) is 5.39. The van der Waals surface area contributed by atoms with Crippen LogP contribution in [0.4, 0.5) is 4.39 Å². The molecule has 0 fully saturated rings. The van der Waals surface area contributed by atoms with Gasteiger partial charge in [-0.15, -0.1) is 11.3 Å². The maximum atomic E-state index is 13.2. The van der Waals surface area contributed by atoms with E-state index in [4.69, 9.17) is 5.26 Å². The average Bonchev–Trinajstić information content (AvgIpc) is 2.48. The Morgan fingerprint density at radius 1 is 1.46 bits per heavy atom. The normalized spacial score (nSPS) is 10.2. The van der Waals surface area contributed by atoms with Crippen LogP contribution in [0.15, 0.2) is 18.2 Å². The summed E-state index contributed by atoms with van der Waals surface area (Å²) in [6.45, 7) is 0. The molecule has 64 valence electrons. The minimum Gasteiger partial charge on any atom is -0.206 e. The van der Waals surface area contributed by atoms with Crippen LogP contribution in [0, 0.1) is 20.0 Å². The number of hydrogen-bond donors (Lipinski definition) is 0. The number of nitrogens with zero attached hydrogens (tertiary/aromatic N) is 1. The Morgan fingerprint density at radius 2 is 2.23 bits per heavy atom. The third kappa shape index (κ3) is 1.42. The van der Waals surface area contributed by atoms with Crippen LogP contribution < -0.4 is 0 Å². The monoisotopic (exact) mass is 303 g/mol. The van der Waals surface area contributed by atoms with Gasteiger partial charge >= 0.3 is 0 Å². The summed E-state index contributed by atoms with van der Waals surface area (Å²) in [5.74, 6) is -0.256. The van der Waals surface area contributed by atoms with Crippen LogP contribution in [0.2, 0.25) is 0 Å². The molecule has 2 aromatic rings. The van der Waals surface area contributed by atoms with Gasteiger partial charge in [-0.2, -0.15) is 5.26 Å².